The van der Waals surface area contributed by atoms with Crippen LogP contribution < -0.4 is 0 Å². The molecule has 21 heavy (non-hydrogen) atoms. The van der Waals surface area contributed by atoms with E-state index in [4.69, 9.17) is 5.11 Å². The number of carboxylic acid groups (broad SMARTS) is 1. The summed E-state index contributed by atoms with van der Waals surface area (Å²) in [6.07, 6.45) is 0.580. The normalized spacial score (nSPS) is 19.0. The van der Waals surface area contributed by atoms with Crippen LogP contribution in [-0.2, 0) is 9.59 Å². The number of carbonyl (C=O) groups is 2. The molecule has 1 unspecified atom stereocenters. The van der Waals surface area contributed by atoms with E-state index in [0.29, 0.717) is 19.5 Å². The zero-order chi connectivity index (χ0) is 15.5. The quantitative estimate of drug-likeness (QED) is 0.883. The van der Waals surface area contributed by atoms with Gasteiger partial charge in [0.15, 0.2) is 5.60 Å². The molecule has 5 heteroatoms. The molecule has 114 valence electrons. The third-order valence-electron chi connectivity index (χ3n) is 4.19. The maximum absolute atomic E-state index is 12.3. The van der Waals surface area contributed by atoms with Gasteiger partial charge in [-0.15, -0.1) is 0 Å². The molecule has 0 aliphatic carbocycles. The lowest BCUT2D eigenvalue weighted by molar-refractivity contribution is -0.165. The molecular formula is C16H21NO4. The fourth-order valence-corrected chi connectivity index (χ4v) is 2.63. The Balaban J connectivity index is 1.89. The Morgan fingerprint density at radius 3 is 2.33 bits per heavy atom. The highest BCUT2D eigenvalue weighted by Crippen LogP contribution is 2.25. The first-order valence-corrected chi connectivity index (χ1v) is 7.21. The first kappa shape index (κ1) is 15.5. The lowest BCUT2D eigenvalue weighted by Gasteiger charge is -2.35. The Morgan fingerprint density at radius 2 is 1.81 bits per heavy atom. The fraction of sp³-hybridized carbons (Fsp3) is 0.500. The average Bonchev–Trinajstić information content (AvgIpc) is 2.48. The molecule has 0 saturated carbocycles. The molecule has 1 aromatic rings. The van der Waals surface area contributed by atoms with Gasteiger partial charge in [-0.3, -0.25) is 4.79 Å². The van der Waals surface area contributed by atoms with Crippen molar-refractivity contribution in [1.82, 2.24) is 4.90 Å². The van der Waals surface area contributed by atoms with Gasteiger partial charge in [-0.2, -0.15) is 0 Å². The minimum atomic E-state index is -1.68. The molecule has 2 N–H and O–H groups in total. The lowest BCUT2D eigenvalue weighted by atomic mass is 9.90. The van der Waals surface area contributed by atoms with Crippen LogP contribution in [0.2, 0.25) is 0 Å². The van der Waals surface area contributed by atoms with Crippen molar-refractivity contribution < 1.29 is 19.8 Å². The number of hydrogen-bond donors (Lipinski definition) is 2. The lowest BCUT2D eigenvalue weighted by Crippen LogP contribution is -2.50. The minimum absolute atomic E-state index is 0.0128. The van der Waals surface area contributed by atoms with E-state index in [0.717, 1.165) is 5.56 Å². The number of carbonyl (C=O) groups excluding carboxylic acids is 1. The predicted octanol–water partition coefficient (Wildman–Crippen LogP) is 1.62. The van der Waals surface area contributed by atoms with Crippen molar-refractivity contribution in [2.24, 2.45) is 0 Å². The Kier molecular flexibility index (Phi) is 4.63. The summed E-state index contributed by atoms with van der Waals surface area (Å²) in [6, 6.07) is 9.83. The van der Waals surface area contributed by atoms with Gasteiger partial charge < -0.3 is 15.1 Å². The van der Waals surface area contributed by atoms with Gasteiger partial charge in [0.25, 0.3) is 0 Å². The number of aliphatic carboxylic acids is 1. The molecule has 1 aliphatic rings. The summed E-state index contributed by atoms with van der Waals surface area (Å²) >= 11 is 0. The molecule has 0 radical (unpaired) electrons. The van der Waals surface area contributed by atoms with Crippen molar-refractivity contribution in [3.8, 4) is 0 Å². The number of benzene rings is 1. The summed E-state index contributed by atoms with van der Waals surface area (Å²) in [5.74, 6) is -1.06. The number of aliphatic hydroxyl groups is 1. The third kappa shape index (κ3) is 3.61. The molecule has 0 bridgehead atoms. The molecule has 2 rings (SSSR count). The largest absolute Gasteiger partial charge is 0.479 e. The maximum Gasteiger partial charge on any atom is 0.335 e. The zero-order valence-electron chi connectivity index (χ0n) is 12.2. The summed E-state index contributed by atoms with van der Waals surface area (Å²) in [7, 11) is 0. The topological polar surface area (TPSA) is 77.8 Å². The minimum Gasteiger partial charge on any atom is -0.479 e. The van der Waals surface area contributed by atoms with Crippen LogP contribution in [0.25, 0.3) is 0 Å². The first-order chi connectivity index (χ1) is 9.92. The summed E-state index contributed by atoms with van der Waals surface area (Å²) in [5.41, 5.74) is -0.563. The summed E-state index contributed by atoms with van der Waals surface area (Å²) in [4.78, 5) is 24.9. The van der Waals surface area contributed by atoms with Crippen molar-refractivity contribution in [3.05, 3.63) is 35.9 Å². The van der Waals surface area contributed by atoms with Gasteiger partial charge in [0.2, 0.25) is 5.91 Å². The molecule has 0 spiro atoms. The van der Waals surface area contributed by atoms with Crippen molar-refractivity contribution in [1.29, 1.82) is 0 Å². The highest BCUT2D eigenvalue weighted by molar-refractivity contribution is 5.80. The number of amides is 1. The SMILES string of the molecule is CC(CC(=O)N1CCC(O)(C(=O)O)CC1)c1ccccc1. The van der Waals surface area contributed by atoms with Gasteiger partial charge in [-0.05, 0) is 11.5 Å². The second-order valence-electron chi connectivity index (χ2n) is 5.73. The average molecular weight is 291 g/mol. The number of hydrogen-bond acceptors (Lipinski definition) is 3. The number of rotatable bonds is 4. The van der Waals surface area contributed by atoms with Gasteiger partial charge >= 0.3 is 5.97 Å². The van der Waals surface area contributed by atoms with Crippen molar-refractivity contribution >= 4 is 11.9 Å². The monoisotopic (exact) mass is 291 g/mol. The van der Waals surface area contributed by atoms with Gasteiger partial charge in [0, 0.05) is 32.4 Å². The smallest absolute Gasteiger partial charge is 0.335 e. The number of piperidine rings is 1. The van der Waals surface area contributed by atoms with E-state index in [1.165, 1.54) is 0 Å². The number of nitrogens with zero attached hydrogens (tertiary/aromatic N) is 1. The van der Waals surface area contributed by atoms with Gasteiger partial charge in [0.05, 0.1) is 0 Å². The summed E-state index contributed by atoms with van der Waals surface area (Å²) in [6.45, 7) is 2.59. The molecule has 1 saturated heterocycles. The molecule has 5 nitrogen and oxygen atoms in total. The molecule has 1 aromatic carbocycles. The highest BCUT2D eigenvalue weighted by Gasteiger charge is 2.40. The summed E-state index contributed by atoms with van der Waals surface area (Å²) in [5, 5.41) is 18.8. The van der Waals surface area contributed by atoms with E-state index in [1.807, 2.05) is 37.3 Å². The van der Waals surface area contributed by atoms with Crippen LogP contribution >= 0.6 is 0 Å². The number of likely N-dealkylation sites (tertiary alicyclic amines) is 1. The Labute approximate surface area is 124 Å². The molecule has 1 fully saturated rings. The van der Waals surface area contributed by atoms with Crippen molar-refractivity contribution in [3.63, 3.8) is 0 Å². The van der Waals surface area contributed by atoms with E-state index in [2.05, 4.69) is 0 Å². The van der Waals surface area contributed by atoms with Crippen LogP contribution in [0.1, 0.15) is 37.7 Å². The Bertz CT molecular complexity index is 506. The number of carboxylic acids is 1. The van der Waals surface area contributed by atoms with Crippen LogP contribution in [-0.4, -0.2) is 45.7 Å². The van der Waals surface area contributed by atoms with Crippen LogP contribution in [0.3, 0.4) is 0 Å². The van der Waals surface area contributed by atoms with Crippen LogP contribution in [0, 0.1) is 0 Å². The molecule has 1 aliphatic heterocycles. The molecular weight excluding hydrogens is 270 g/mol. The van der Waals surface area contributed by atoms with E-state index in [9.17, 15) is 14.7 Å². The second kappa shape index (κ2) is 6.26. The zero-order valence-corrected chi connectivity index (χ0v) is 12.2. The molecule has 1 heterocycles. The molecule has 1 atom stereocenters. The van der Waals surface area contributed by atoms with Crippen LogP contribution in [0.15, 0.2) is 30.3 Å². The van der Waals surface area contributed by atoms with E-state index >= 15 is 0 Å². The summed E-state index contributed by atoms with van der Waals surface area (Å²) < 4.78 is 0. The second-order valence-corrected chi connectivity index (χ2v) is 5.73. The first-order valence-electron chi connectivity index (χ1n) is 7.21. The maximum atomic E-state index is 12.3. The Hall–Kier alpha value is -1.88. The van der Waals surface area contributed by atoms with Crippen LogP contribution in [0.4, 0.5) is 0 Å². The van der Waals surface area contributed by atoms with Crippen molar-refractivity contribution in [2.75, 3.05) is 13.1 Å². The van der Waals surface area contributed by atoms with Crippen LogP contribution in [0.5, 0.6) is 0 Å². The van der Waals surface area contributed by atoms with Gasteiger partial charge in [-0.25, -0.2) is 4.79 Å². The third-order valence-corrected chi connectivity index (χ3v) is 4.19. The van der Waals surface area contributed by atoms with E-state index in [-0.39, 0.29) is 24.7 Å². The fourth-order valence-electron chi connectivity index (χ4n) is 2.63. The Morgan fingerprint density at radius 1 is 1.24 bits per heavy atom. The highest BCUT2D eigenvalue weighted by atomic mass is 16.4. The molecule has 0 aromatic heterocycles. The predicted molar refractivity (Wildman–Crippen MR) is 77.9 cm³/mol. The van der Waals surface area contributed by atoms with E-state index in [1.54, 1.807) is 4.90 Å². The van der Waals surface area contributed by atoms with Gasteiger partial charge in [0.1, 0.15) is 0 Å². The van der Waals surface area contributed by atoms with Crippen molar-refractivity contribution in [2.45, 2.75) is 37.7 Å². The molecule has 1 amide bonds. The van der Waals surface area contributed by atoms with E-state index < -0.39 is 11.6 Å². The van der Waals surface area contributed by atoms with Gasteiger partial charge in [-0.1, -0.05) is 37.3 Å². The standard InChI is InChI=1S/C16H21NO4/c1-12(13-5-3-2-4-6-13)11-14(18)17-9-7-16(21,8-10-17)15(19)20/h2-6,12,21H,7-11H2,1H3,(H,19,20).